The smallest absolute Gasteiger partial charge is 0.372 e. The van der Waals surface area contributed by atoms with Gasteiger partial charge in [-0.15, -0.1) is 0 Å². The van der Waals surface area contributed by atoms with Crippen LogP contribution in [0.5, 0.6) is 0 Å². The van der Waals surface area contributed by atoms with Gasteiger partial charge in [-0.05, 0) is 20.8 Å². The molecule has 0 aliphatic rings. The minimum Gasteiger partial charge on any atom is -0.372 e. The van der Waals surface area contributed by atoms with Gasteiger partial charge >= 0.3 is 6.18 Å². The molecule has 0 aromatic carbocycles. The molecule has 0 saturated heterocycles. The third-order valence-electron chi connectivity index (χ3n) is 3.32. The van der Waals surface area contributed by atoms with E-state index >= 15 is 0 Å². The van der Waals surface area contributed by atoms with Gasteiger partial charge in [-0.3, -0.25) is 4.68 Å². The highest BCUT2D eigenvalue weighted by Gasteiger charge is 2.35. The van der Waals surface area contributed by atoms with E-state index in [0.29, 0.717) is 17.6 Å². The van der Waals surface area contributed by atoms with Crippen LogP contribution in [0, 0.1) is 18.3 Å². The quantitative estimate of drug-likeness (QED) is 0.889. The maximum absolute atomic E-state index is 12.8. The van der Waals surface area contributed by atoms with Crippen molar-refractivity contribution in [3.63, 3.8) is 0 Å². The first-order chi connectivity index (χ1) is 11.1. The predicted octanol–water partition coefficient (Wildman–Crippen LogP) is 3.04. The molecule has 0 saturated carbocycles. The lowest BCUT2D eigenvalue weighted by Crippen LogP contribution is -2.24. The van der Waals surface area contributed by atoms with Crippen molar-refractivity contribution in [1.29, 1.82) is 5.26 Å². The Balaban J connectivity index is 2.35. The van der Waals surface area contributed by atoms with Crippen LogP contribution in [0.1, 0.15) is 25.1 Å². The van der Waals surface area contributed by atoms with Gasteiger partial charge in [0.05, 0.1) is 23.6 Å². The zero-order valence-corrected chi connectivity index (χ0v) is 13.5. The number of nitrogens with zero attached hydrogens (tertiary/aromatic N) is 5. The molecule has 0 fully saturated rings. The van der Waals surface area contributed by atoms with Gasteiger partial charge < -0.3 is 10.6 Å². The second-order valence-corrected chi connectivity index (χ2v) is 5.57. The number of hydrogen-bond acceptors (Lipinski definition) is 6. The molecule has 2 N–H and O–H groups in total. The molecule has 7 nitrogen and oxygen atoms in total. The average molecular weight is 339 g/mol. The highest BCUT2D eigenvalue weighted by molar-refractivity contribution is 5.58. The number of anilines is 3. The van der Waals surface area contributed by atoms with E-state index in [2.05, 4.69) is 31.8 Å². The first-order valence-electron chi connectivity index (χ1n) is 6.95. The van der Waals surface area contributed by atoms with E-state index in [1.54, 1.807) is 27.0 Å². The van der Waals surface area contributed by atoms with Crippen LogP contribution in [0.3, 0.4) is 0 Å². The van der Waals surface area contributed by atoms with Crippen LogP contribution in [0.15, 0.2) is 12.4 Å². The van der Waals surface area contributed by atoms with Gasteiger partial charge in [-0.25, -0.2) is 4.98 Å². The summed E-state index contributed by atoms with van der Waals surface area (Å²) in [7, 11) is 1.35. The van der Waals surface area contributed by atoms with Crippen LogP contribution in [-0.2, 0) is 11.7 Å². The summed E-state index contributed by atoms with van der Waals surface area (Å²) in [6, 6.07) is 2.11. The minimum atomic E-state index is -4.55. The van der Waals surface area contributed by atoms with Crippen molar-refractivity contribution in [2.75, 3.05) is 17.7 Å². The first kappa shape index (κ1) is 17.5. The van der Waals surface area contributed by atoms with Crippen molar-refractivity contribution in [2.24, 2.45) is 0 Å². The zero-order chi connectivity index (χ0) is 18.1. The minimum absolute atomic E-state index is 0.00948. The van der Waals surface area contributed by atoms with Gasteiger partial charge in [0.1, 0.15) is 16.9 Å². The molecule has 0 unspecified atom stereocenters. The molecule has 2 rings (SSSR count). The largest absolute Gasteiger partial charge is 0.421 e. The lowest BCUT2D eigenvalue weighted by Gasteiger charge is -2.15. The number of nitriles is 1. The van der Waals surface area contributed by atoms with Gasteiger partial charge in [-0.2, -0.15) is 28.5 Å². The molecule has 0 bridgehead atoms. The summed E-state index contributed by atoms with van der Waals surface area (Å²) in [5.41, 5.74) is -0.747. The summed E-state index contributed by atoms with van der Waals surface area (Å²) >= 11 is 0. The first-order valence-corrected chi connectivity index (χ1v) is 6.95. The van der Waals surface area contributed by atoms with E-state index in [1.165, 1.54) is 11.7 Å². The van der Waals surface area contributed by atoms with E-state index in [0.717, 1.165) is 0 Å². The SMILES string of the molecule is CNc1nc(Nc2cn(C(C)(C)C#N)nc2C)ncc1C(F)(F)F. The molecule has 2 heterocycles. The molecule has 24 heavy (non-hydrogen) atoms. The fraction of sp³-hybridized carbons (Fsp3) is 0.429. The van der Waals surface area contributed by atoms with E-state index in [4.69, 9.17) is 5.26 Å². The fourth-order valence-corrected chi connectivity index (χ4v) is 1.88. The Morgan fingerprint density at radius 3 is 2.50 bits per heavy atom. The molecular weight excluding hydrogens is 323 g/mol. The van der Waals surface area contributed by atoms with Crippen LogP contribution >= 0.6 is 0 Å². The molecular formula is C14H16F3N7. The highest BCUT2D eigenvalue weighted by atomic mass is 19.4. The Morgan fingerprint density at radius 2 is 1.96 bits per heavy atom. The molecule has 2 aromatic heterocycles. The molecule has 2 aromatic rings. The monoisotopic (exact) mass is 339 g/mol. The lowest BCUT2D eigenvalue weighted by atomic mass is 10.1. The van der Waals surface area contributed by atoms with Gasteiger partial charge in [-0.1, -0.05) is 0 Å². The van der Waals surface area contributed by atoms with Gasteiger partial charge in [0.15, 0.2) is 0 Å². The zero-order valence-electron chi connectivity index (χ0n) is 13.5. The predicted molar refractivity (Wildman–Crippen MR) is 81.8 cm³/mol. The molecule has 0 aliphatic heterocycles. The van der Waals surface area contributed by atoms with Crippen LogP contribution in [0.25, 0.3) is 0 Å². The molecule has 0 amide bonds. The Labute approximate surface area is 136 Å². The maximum atomic E-state index is 12.8. The summed E-state index contributed by atoms with van der Waals surface area (Å²) in [6.07, 6.45) is -2.26. The summed E-state index contributed by atoms with van der Waals surface area (Å²) in [5, 5.41) is 18.6. The number of hydrogen-bond donors (Lipinski definition) is 2. The third kappa shape index (κ3) is 3.40. The Bertz CT molecular complexity index is 787. The van der Waals surface area contributed by atoms with Gasteiger partial charge in [0.25, 0.3) is 0 Å². The van der Waals surface area contributed by atoms with Crippen LogP contribution < -0.4 is 10.6 Å². The molecule has 0 spiro atoms. The second kappa shape index (κ2) is 5.99. The molecule has 0 atom stereocenters. The Morgan fingerprint density at radius 1 is 1.29 bits per heavy atom. The van der Waals surface area contributed by atoms with Gasteiger partial charge in [0, 0.05) is 13.2 Å². The normalized spacial score (nSPS) is 11.9. The van der Waals surface area contributed by atoms with E-state index in [1.807, 2.05) is 0 Å². The maximum Gasteiger partial charge on any atom is 0.421 e. The lowest BCUT2D eigenvalue weighted by molar-refractivity contribution is -0.137. The van der Waals surface area contributed by atoms with Crippen LogP contribution in [0.2, 0.25) is 0 Å². The second-order valence-electron chi connectivity index (χ2n) is 5.57. The van der Waals surface area contributed by atoms with Gasteiger partial charge in [0.2, 0.25) is 5.95 Å². The molecule has 10 heteroatoms. The van der Waals surface area contributed by atoms with Crippen molar-refractivity contribution in [3.8, 4) is 6.07 Å². The number of nitrogens with one attached hydrogen (secondary N) is 2. The van der Waals surface area contributed by atoms with Crippen molar-refractivity contribution in [1.82, 2.24) is 19.7 Å². The van der Waals surface area contributed by atoms with Crippen LogP contribution in [-0.4, -0.2) is 26.8 Å². The van der Waals surface area contributed by atoms with Crippen molar-refractivity contribution < 1.29 is 13.2 Å². The summed E-state index contributed by atoms with van der Waals surface area (Å²) < 4.78 is 40.0. The average Bonchev–Trinajstić information content (AvgIpc) is 2.88. The Hall–Kier alpha value is -2.83. The molecule has 128 valence electrons. The van der Waals surface area contributed by atoms with E-state index in [9.17, 15) is 13.2 Å². The van der Waals surface area contributed by atoms with E-state index in [-0.39, 0.29) is 11.8 Å². The topological polar surface area (TPSA) is 91.5 Å². The Kier molecular flexibility index (Phi) is 4.38. The fourth-order valence-electron chi connectivity index (χ4n) is 1.88. The van der Waals surface area contributed by atoms with Crippen molar-refractivity contribution >= 4 is 17.5 Å². The summed E-state index contributed by atoms with van der Waals surface area (Å²) in [5.74, 6) is -0.341. The molecule has 0 aliphatic carbocycles. The number of rotatable bonds is 4. The summed E-state index contributed by atoms with van der Waals surface area (Å²) in [4.78, 5) is 7.53. The number of aromatic nitrogens is 4. The summed E-state index contributed by atoms with van der Waals surface area (Å²) in [6.45, 7) is 5.09. The van der Waals surface area contributed by atoms with Crippen LogP contribution in [0.4, 0.5) is 30.6 Å². The molecule has 0 radical (unpaired) electrons. The van der Waals surface area contributed by atoms with Crippen molar-refractivity contribution in [3.05, 3.63) is 23.7 Å². The highest BCUT2D eigenvalue weighted by Crippen LogP contribution is 2.34. The number of halogens is 3. The third-order valence-corrected chi connectivity index (χ3v) is 3.32. The van der Waals surface area contributed by atoms with E-state index < -0.39 is 17.3 Å². The van der Waals surface area contributed by atoms with Crippen molar-refractivity contribution in [2.45, 2.75) is 32.5 Å². The number of aryl methyl sites for hydroxylation is 1. The standard InChI is InChI=1S/C14H16F3N7/c1-8-10(6-24(23-8)13(2,3)7-18)21-12-20-5-9(14(15,16)17)11(19-4)22-12/h5-6H,1-4H3,(H2,19,20,21,22). The number of alkyl halides is 3.